The number of imidazole rings is 2. The topological polar surface area (TPSA) is 70.9 Å². The van der Waals surface area contributed by atoms with E-state index in [2.05, 4.69) is 25.5 Å². The lowest BCUT2D eigenvalue weighted by Crippen LogP contribution is -2.01. The number of benzene rings is 2. The molecular formula is C18H16N6. The molecule has 6 heteroatoms. The molecule has 118 valence electrons. The number of nitrogens with zero attached hydrogens (tertiary/aromatic N) is 4. The second-order valence-electron chi connectivity index (χ2n) is 5.43. The highest BCUT2D eigenvalue weighted by molar-refractivity contribution is 5.99. The van der Waals surface area contributed by atoms with Gasteiger partial charge in [-0.1, -0.05) is 24.3 Å². The first-order valence-corrected chi connectivity index (χ1v) is 7.63. The summed E-state index contributed by atoms with van der Waals surface area (Å²) in [6, 6.07) is 16.0. The first-order valence-electron chi connectivity index (χ1n) is 7.63. The standard InChI is InChI=1S/C18H16N6/c1-13(14-6-8-15(9-7-14)24-11-10-19-12-24)22-23-18-20-16-4-2-3-5-17(16)21-18/h2-12H,1H3,(H2,20,21,23). The molecule has 2 N–H and O–H groups in total. The first-order chi connectivity index (χ1) is 11.8. The van der Waals surface area contributed by atoms with Crippen molar-refractivity contribution in [2.75, 3.05) is 5.43 Å². The van der Waals surface area contributed by atoms with Gasteiger partial charge in [-0.3, -0.25) is 0 Å². The zero-order valence-corrected chi connectivity index (χ0v) is 13.1. The molecule has 0 radical (unpaired) electrons. The predicted octanol–water partition coefficient (Wildman–Crippen LogP) is 3.58. The molecule has 0 spiro atoms. The van der Waals surface area contributed by atoms with Crippen LogP contribution < -0.4 is 5.43 Å². The fourth-order valence-corrected chi connectivity index (χ4v) is 2.49. The second kappa shape index (κ2) is 6.00. The fraction of sp³-hybridized carbons (Fsp3) is 0.0556. The van der Waals surface area contributed by atoms with Gasteiger partial charge in [0.1, 0.15) is 0 Å². The van der Waals surface area contributed by atoms with Crippen LogP contribution in [0.3, 0.4) is 0 Å². The summed E-state index contributed by atoms with van der Waals surface area (Å²) in [6.07, 6.45) is 5.45. The molecule has 2 aromatic carbocycles. The summed E-state index contributed by atoms with van der Waals surface area (Å²) < 4.78 is 1.96. The number of fused-ring (bicyclic) bond motifs is 1. The summed E-state index contributed by atoms with van der Waals surface area (Å²) in [6.45, 7) is 1.96. The van der Waals surface area contributed by atoms with Gasteiger partial charge in [-0.15, -0.1) is 0 Å². The molecule has 0 fully saturated rings. The van der Waals surface area contributed by atoms with Crippen LogP contribution in [0.25, 0.3) is 16.7 Å². The lowest BCUT2D eigenvalue weighted by atomic mass is 10.1. The van der Waals surface area contributed by atoms with E-state index in [-0.39, 0.29) is 0 Å². The van der Waals surface area contributed by atoms with Gasteiger partial charge >= 0.3 is 0 Å². The number of aromatic nitrogens is 4. The van der Waals surface area contributed by atoms with E-state index in [1.807, 2.05) is 66.2 Å². The van der Waals surface area contributed by atoms with Crippen LogP contribution >= 0.6 is 0 Å². The van der Waals surface area contributed by atoms with Crippen LogP contribution in [0.4, 0.5) is 5.95 Å². The third-order valence-electron chi connectivity index (χ3n) is 3.81. The van der Waals surface area contributed by atoms with Gasteiger partial charge < -0.3 is 9.55 Å². The molecule has 24 heavy (non-hydrogen) atoms. The molecule has 0 amide bonds. The van der Waals surface area contributed by atoms with Crippen LogP contribution in [0.5, 0.6) is 0 Å². The Balaban J connectivity index is 1.52. The van der Waals surface area contributed by atoms with E-state index in [0.29, 0.717) is 5.95 Å². The Kier molecular flexibility index (Phi) is 3.55. The molecule has 0 unspecified atom stereocenters. The van der Waals surface area contributed by atoms with E-state index in [9.17, 15) is 0 Å². The second-order valence-corrected chi connectivity index (χ2v) is 5.43. The van der Waals surface area contributed by atoms with Gasteiger partial charge in [0, 0.05) is 18.1 Å². The summed E-state index contributed by atoms with van der Waals surface area (Å²) in [7, 11) is 0. The molecule has 0 atom stereocenters. The third-order valence-corrected chi connectivity index (χ3v) is 3.81. The number of hydrogen-bond acceptors (Lipinski definition) is 4. The monoisotopic (exact) mass is 316 g/mol. The number of hydrazone groups is 1. The lowest BCUT2D eigenvalue weighted by Gasteiger charge is -2.05. The summed E-state index contributed by atoms with van der Waals surface area (Å²) >= 11 is 0. The van der Waals surface area contributed by atoms with Gasteiger partial charge in [-0.25, -0.2) is 15.4 Å². The zero-order chi connectivity index (χ0) is 16.4. The van der Waals surface area contributed by atoms with Crippen molar-refractivity contribution in [3.8, 4) is 5.69 Å². The van der Waals surface area contributed by atoms with E-state index >= 15 is 0 Å². The maximum atomic E-state index is 4.44. The van der Waals surface area contributed by atoms with Crippen molar-refractivity contribution in [1.82, 2.24) is 19.5 Å². The molecule has 0 saturated carbocycles. The van der Waals surface area contributed by atoms with Gasteiger partial charge in [-0.05, 0) is 36.8 Å². The Morgan fingerprint density at radius 2 is 1.96 bits per heavy atom. The molecule has 0 saturated heterocycles. The number of nitrogens with one attached hydrogen (secondary N) is 2. The van der Waals surface area contributed by atoms with E-state index in [1.165, 1.54) is 0 Å². The molecule has 0 aliphatic carbocycles. The number of rotatable bonds is 4. The molecule has 0 bridgehead atoms. The van der Waals surface area contributed by atoms with Crippen molar-refractivity contribution in [3.63, 3.8) is 0 Å². The van der Waals surface area contributed by atoms with Crippen molar-refractivity contribution in [1.29, 1.82) is 0 Å². The Bertz CT molecular complexity index is 947. The average molecular weight is 316 g/mol. The van der Waals surface area contributed by atoms with E-state index in [4.69, 9.17) is 0 Å². The summed E-state index contributed by atoms with van der Waals surface area (Å²) in [5, 5.41) is 4.41. The van der Waals surface area contributed by atoms with Crippen molar-refractivity contribution in [2.45, 2.75) is 6.92 Å². The molecule has 2 heterocycles. The number of aromatic amines is 1. The minimum atomic E-state index is 0.630. The number of anilines is 1. The van der Waals surface area contributed by atoms with Gasteiger partial charge in [0.2, 0.25) is 5.95 Å². The van der Waals surface area contributed by atoms with E-state index in [0.717, 1.165) is 28.0 Å². The molecule has 0 aliphatic heterocycles. The Morgan fingerprint density at radius 3 is 2.71 bits per heavy atom. The number of H-pyrrole nitrogens is 1. The zero-order valence-electron chi connectivity index (χ0n) is 13.1. The Morgan fingerprint density at radius 1 is 1.12 bits per heavy atom. The van der Waals surface area contributed by atoms with Crippen molar-refractivity contribution >= 4 is 22.7 Å². The van der Waals surface area contributed by atoms with Gasteiger partial charge in [0.15, 0.2) is 0 Å². The minimum absolute atomic E-state index is 0.630. The van der Waals surface area contributed by atoms with Crippen molar-refractivity contribution < 1.29 is 0 Å². The number of para-hydroxylation sites is 2. The normalized spacial score (nSPS) is 11.8. The molecule has 4 aromatic rings. The molecule has 6 nitrogen and oxygen atoms in total. The highest BCUT2D eigenvalue weighted by Crippen LogP contribution is 2.14. The van der Waals surface area contributed by atoms with Crippen LogP contribution in [0, 0.1) is 0 Å². The Labute approximate surface area is 138 Å². The summed E-state index contributed by atoms with van der Waals surface area (Å²) in [5.41, 5.74) is 7.87. The predicted molar refractivity (Wildman–Crippen MR) is 95.5 cm³/mol. The van der Waals surface area contributed by atoms with Crippen LogP contribution in [-0.2, 0) is 0 Å². The molecule has 4 rings (SSSR count). The van der Waals surface area contributed by atoms with Crippen molar-refractivity contribution in [2.24, 2.45) is 5.10 Å². The lowest BCUT2D eigenvalue weighted by molar-refractivity contribution is 1.06. The third kappa shape index (κ3) is 2.77. The van der Waals surface area contributed by atoms with Gasteiger partial charge in [-0.2, -0.15) is 5.10 Å². The van der Waals surface area contributed by atoms with Crippen LogP contribution in [0.2, 0.25) is 0 Å². The fourth-order valence-electron chi connectivity index (χ4n) is 2.49. The highest BCUT2D eigenvalue weighted by Gasteiger charge is 2.02. The quantitative estimate of drug-likeness (QED) is 0.446. The summed E-state index contributed by atoms with van der Waals surface area (Å²) in [4.78, 5) is 11.7. The van der Waals surface area contributed by atoms with Crippen molar-refractivity contribution in [3.05, 3.63) is 72.8 Å². The average Bonchev–Trinajstić information content (AvgIpc) is 3.29. The Hall–Kier alpha value is -3.41. The molecule has 0 aliphatic rings. The maximum Gasteiger partial charge on any atom is 0.222 e. The molecule has 2 aromatic heterocycles. The largest absolute Gasteiger partial charge is 0.323 e. The van der Waals surface area contributed by atoms with Crippen LogP contribution in [0.1, 0.15) is 12.5 Å². The minimum Gasteiger partial charge on any atom is -0.323 e. The van der Waals surface area contributed by atoms with E-state index in [1.54, 1.807) is 12.5 Å². The van der Waals surface area contributed by atoms with E-state index < -0.39 is 0 Å². The number of hydrogen-bond donors (Lipinski definition) is 2. The first kappa shape index (κ1) is 14.2. The maximum absolute atomic E-state index is 4.44. The SMILES string of the molecule is CC(=NNc1nc2ccccc2[nH]1)c1ccc(-n2ccnc2)cc1. The smallest absolute Gasteiger partial charge is 0.222 e. The molecular weight excluding hydrogens is 300 g/mol. The van der Waals surface area contributed by atoms with Gasteiger partial charge in [0.05, 0.1) is 23.1 Å². The van der Waals surface area contributed by atoms with Crippen LogP contribution in [-0.4, -0.2) is 25.2 Å². The highest BCUT2D eigenvalue weighted by atomic mass is 15.4. The summed E-state index contributed by atoms with van der Waals surface area (Å²) in [5.74, 6) is 0.630. The van der Waals surface area contributed by atoms with Crippen LogP contribution in [0.15, 0.2) is 72.4 Å². The van der Waals surface area contributed by atoms with Gasteiger partial charge in [0.25, 0.3) is 0 Å².